The number of hydrogen-bond donors (Lipinski definition) is 12. The Hall–Kier alpha value is -11.6. The summed E-state index contributed by atoms with van der Waals surface area (Å²) in [4.78, 5) is 146. The summed E-state index contributed by atoms with van der Waals surface area (Å²) in [5, 5.41) is 116. The molecule has 12 N–H and O–H groups in total. The second kappa shape index (κ2) is 28.3. The van der Waals surface area contributed by atoms with Crippen LogP contribution in [-0.2, 0) is 64.5 Å². The maximum atomic E-state index is 13.1. The van der Waals surface area contributed by atoms with Gasteiger partial charge in [-0.3, -0.25) is 67.5 Å². The minimum Gasteiger partial charge on any atom is -0.507 e. The van der Waals surface area contributed by atoms with E-state index in [-0.39, 0.29) is 138 Å². The minimum absolute atomic E-state index is 0.00694. The highest BCUT2D eigenvalue weighted by Crippen LogP contribution is 2.45. The molecule has 4 aliphatic rings. The van der Waals surface area contributed by atoms with Crippen LogP contribution in [0.5, 0.6) is 11.5 Å². The summed E-state index contributed by atoms with van der Waals surface area (Å²) in [6.45, 7) is -6.85. The number of fused-ring (bicyclic) bond motifs is 4. The fourth-order valence-corrected chi connectivity index (χ4v) is 10.1. The predicted molar refractivity (Wildman–Crippen MR) is 309 cm³/mol. The van der Waals surface area contributed by atoms with Crippen LogP contribution in [0.4, 0.5) is 0 Å². The third kappa shape index (κ3) is 16.5. The lowest BCUT2D eigenvalue weighted by Crippen LogP contribution is -2.35. The molecule has 468 valence electrons. The highest BCUT2D eigenvalue weighted by atomic mass is 16.4. The summed E-state index contributed by atoms with van der Waals surface area (Å²) < 4.78 is 11.9. The van der Waals surface area contributed by atoms with E-state index in [1.54, 1.807) is 12.1 Å². The number of benzene rings is 6. The van der Waals surface area contributed by atoms with Crippen LogP contribution >= 0.6 is 0 Å². The normalized spacial score (nSPS) is 11.3. The van der Waals surface area contributed by atoms with E-state index >= 15 is 0 Å². The summed E-state index contributed by atoms with van der Waals surface area (Å²) in [5.41, 5.74) is -0.218. The molecule has 30 heteroatoms. The van der Waals surface area contributed by atoms with Crippen molar-refractivity contribution in [3.05, 3.63) is 151 Å². The van der Waals surface area contributed by atoms with Gasteiger partial charge in [-0.25, -0.2) is 9.59 Å². The maximum absolute atomic E-state index is 13.1. The van der Waals surface area contributed by atoms with Gasteiger partial charge in [0, 0.05) is 106 Å². The van der Waals surface area contributed by atoms with Crippen molar-refractivity contribution in [2.24, 2.45) is 0 Å². The first-order valence-electron chi connectivity index (χ1n) is 26.3. The summed E-state index contributed by atoms with van der Waals surface area (Å²) in [6.07, 6.45) is 0. The number of rotatable bonds is 28. The lowest BCUT2D eigenvalue weighted by Gasteiger charge is -2.22. The Bertz CT molecular complexity index is 3930. The Morgan fingerprint density at radius 2 is 0.600 bits per heavy atom. The monoisotopic (exact) mass is 1240 g/mol. The molecule has 2 heterocycles. The quantitative estimate of drug-likeness (QED) is 0.0310. The fraction of sp³-hybridized carbons (Fsp3) is 0.200. The molecule has 0 atom stereocenters. The van der Waals surface area contributed by atoms with E-state index in [9.17, 15) is 119 Å². The Morgan fingerprint density at radius 3 is 0.867 bits per heavy atom. The molecule has 30 nitrogen and oxygen atoms in total. The van der Waals surface area contributed by atoms with Gasteiger partial charge in [-0.15, -0.1) is 0 Å². The zero-order valence-electron chi connectivity index (χ0n) is 46.6. The number of carboxylic acids is 10. The largest absolute Gasteiger partial charge is 0.507 e. The third-order valence-corrected chi connectivity index (χ3v) is 13.5. The van der Waals surface area contributed by atoms with Gasteiger partial charge in [-0.1, -0.05) is 36.4 Å². The van der Waals surface area contributed by atoms with Gasteiger partial charge >= 0.3 is 59.7 Å². The van der Waals surface area contributed by atoms with E-state index in [2.05, 4.69) is 0 Å². The van der Waals surface area contributed by atoms with E-state index in [1.807, 2.05) is 0 Å². The molecule has 2 aliphatic carbocycles. The van der Waals surface area contributed by atoms with Crippen molar-refractivity contribution in [3.8, 4) is 56.4 Å². The zero-order chi connectivity index (χ0) is 66.0. The average Bonchev–Trinajstić information content (AvgIpc) is 0.760. The van der Waals surface area contributed by atoms with Crippen LogP contribution in [0.1, 0.15) is 43.0 Å². The summed E-state index contributed by atoms with van der Waals surface area (Å²) >= 11 is 0. The molecule has 0 fully saturated rings. The van der Waals surface area contributed by atoms with Crippen LogP contribution in [-0.4, -0.2) is 193 Å². The number of aliphatic carboxylic acids is 8. The molecule has 0 aromatic heterocycles. The predicted octanol–water partition coefficient (Wildman–Crippen LogP) is 3.82. The Labute approximate surface area is 503 Å². The molecule has 90 heavy (non-hydrogen) atoms. The molecule has 0 spiro atoms. The molecule has 8 rings (SSSR count). The van der Waals surface area contributed by atoms with Gasteiger partial charge in [-0.05, 0) is 47.5 Å². The first kappa shape index (κ1) is 65.9. The van der Waals surface area contributed by atoms with E-state index < -0.39 is 123 Å². The number of carbonyl (C=O) groups is 10. The molecule has 0 unspecified atom stereocenters. The van der Waals surface area contributed by atoms with Crippen LogP contribution in [0.2, 0.25) is 0 Å². The number of carboxylic acid groups (broad SMARTS) is 10. The molecule has 4 aromatic rings. The van der Waals surface area contributed by atoms with Gasteiger partial charge in [-0.2, -0.15) is 0 Å². The number of aromatic hydroxyl groups is 2. The second-order valence-corrected chi connectivity index (χ2v) is 20.3. The number of aromatic carboxylic acids is 2. The number of hydrogen-bond acceptors (Lipinski definition) is 20. The van der Waals surface area contributed by atoms with Crippen molar-refractivity contribution in [1.82, 2.24) is 19.6 Å². The van der Waals surface area contributed by atoms with Gasteiger partial charge in [0.2, 0.25) is 0 Å². The van der Waals surface area contributed by atoms with Crippen LogP contribution < -0.4 is 10.9 Å². The fourth-order valence-electron chi connectivity index (χ4n) is 10.1. The average molecular weight is 1250 g/mol. The van der Waals surface area contributed by atoms with Crippen molar-refractivity contribution in [2.75, 3.05) is 52.4 Å². The van der Waals surface area contributed by atoms with E-state index in [0.29, 0.717) is 0 Å². The van der Waals surface area contributed by atoms with Gasteiger partial charge in [0.1, 0.15) is 34.2 Å². The topological polar surface area (TPSA) is 487 Å². The van der Waals surface area contributed by atoms with Crippen LogP contribution in [0.15, 0.2) is 115 Å². The first-order valence-corrected chi connectivity index (χ1v) is 26.3. The van der Waals surface area contributed by atoms with Crippen LogP contribution in [0.25, 0.3) is 66.8 Å². The highest BCUT2D eigenvalue weighted by Gasteiger charge is 2.29. The molecular weight excluding hydrogens is 1190 g/mol. The lowest BCUT2D eigenvalue weighted by molar-refractivity contribution is -0.144. The second-order valence-electron chi connectivity index (χ2n) is 20.3. The van der Waals surface area contributed by atoms with Gasteiger partial charge in [0.05, 0.1) is 63.5 Å². The SMILES string of the molecule is O=C(O)CN(CC(=O)O)Cc1cc2c(-c3ccccc3C(=O)O)c3cc(CN(CC(=O)O)CC(=O)O)c(=O)cc-3oc2cc1O.O=C(O)CN(CC(=O)O)Cc1cc2c(-c3ccccc3C(=O)O)c3cc(CN(CC(=O)O)CC(=O)O)c(=O)cc-3oc2cc1O. The molecule has 0 radical (unpaired) electrons. The van der Waals surface area contributed by atoms with Crippen LogP contribution in [0.3, 0.4) is 0 Å². The van der Waals surface area contributed by atoms with E-state index in [4.69, 9.17) is 8.83 Å². The maximum Gasteiger partial charge on any atom is 0.336 e. The Morgan fingerprint density at radius 1 is 0.333 bits per heavy atom. The van der Waals surface area contributed by atoms with Crippen molar-refractivity contribution in [1.29, 1.82) is 0 Å². The first-order chi connectivity index (χ1) is 42.5. The van der Waals surface area contributed by atoms with E-state index in [1.165, 1.54) is 72.8 Å². The number of phenols is 2. The van der Waals surface area contributed by atoms with Crippen molar-refractivity contribution in [2.45, 2.75) is 26.2 Å². The van der Waals surface area contributed by atoms with E-state index in [0.717, 1.165) is 31.7 Å². The molecule has 0 bridgehead atoms. The van der Waals surface area contributed by atoms with Gasteiger partial charge < -0.3 is 70.1 Å². The smallest absolute Gasteiger partial charge is 0.336 e. The zero-order valence-corrected chi connectivity index (χ0v) is 46.6. The molecule has 2 aliphatic heterocycles. The van der Waals surface area contributed by atoms with Gasteiger partial charge in [0.25, 0.3) is 0 Å². The number of nitrogens with zero attached hydrogens (tertiary/aromatic N) is 4. The van der Waals surface area contributed by atoms with Crippen LogP contribution in [0, 0.1) is 0 Å². The molecule has 4 aromatic carbocycles. The molecule has 0 saturated heterocycles. The van der Waals surface area contributed by atoms with Gasteiger partial charge in [0.15, 0.2) is 10.9 Å². The minimum atomic E-state index is -1.33. The lowest BCUT2D eigenvalue weighted by atomic mass is 9.89. The molecule has 0 saturated carbocycles. The van der Waals surface area contributed by atoms with Crippen molar-refractivity contribution >= 4 is 81.6 Å². The Balaban J connectivity index is 0.000000256. The summed E-state index contributed by atoms with van der Waals surface area (Å²) in [6, 6.07) is 21.8. The molecule has 0 amide bonds. The van der Waals surface area contributed by atoms with Crippen molar-refractivity contribution < 1.29 is 118 Å². The standard InChI is InChI=1S/2C30H26N2O13/c2*33-21-7-23-19(5-15(21)9-31(11-25(35)36)12-26(37)38)29(17-3-1-2-4-18(17)30(43)44)20-6-16(22(34)8-24(20)45-23)10-32(13-27(39)40)14-28(41)42/h2*1-8,33H,9-14H2,(H,35,36)(H,37,38)(H,39,40)(H,41,42)(H,43,44). The highest BCUT2D eigenvalue weighted by molar-refractivity contribution is 6.09. The third-order valence-electron chi connectivity index (χ3n) is 13.5. The summed E-state index contributed by atoms with van der Waals surface area (Å²) in [7, 11) is 0. The van der Waals surface area contributed by atoms with Crippen molar-refractivity contribution in [3.63, 3.8) is 0 Å². The Kier molecular flexibility index (Phi) is 20.7. The molecular formula is C60H52N4O26. The summed E-state index contributed by atoms with van der Waals surface area (Å²) in [5.74, 6) is -14.0. The number of phenolic OH excluding ortho intramolecular Hbond substituents is 2.